The van der Waals surface area contributed by atoms with Gasteiger partial charge in [0.05, 0.1) is 6.16 Å². The van der Waals surface area contributed by atoms with Crippen LogP contribution in [0.4, 0.5) is 0 Å². The summed E-state index contributed by atoms with van der Waals surface area (Å²) >= 11 is 0. The molecule has 0 bridgehead atoms. The Kier molecular flexibility index (Phi) is 17.8. The van der Waals surface area contributed by atoms with Crippen molar-refractivity contribution in [1.29, 1.82) is 0 Å². The van der Waals surface area contributed by atoms with Crippen LogP contribution in [0, 0.1) is 0 Å². The van der Waals surface area contributed by atoms with Crippen LogP contribution in [0.15, 0.2) is 164 Å². The molecule has 302 valence electrons. The molecule has 0 radical (unpaired) electrons. The van der Waals surface area contributed by atoms with Crippen molar-refractivity contribution >= 4 is 23.2 Å². The predicted octanol–water partition coefficient (Wildman–Crippen LogP) is 15.6. The van der Waals surface area contributed by atoms with E-state index in [2.05, 4.69) is 79.7 Å². The maximum atomic E-state index is 6.28. The van der Waals surface area contributed by atoms with Gasteiger partial charge >= 0.3 is 0 Å². The van der Waals surface area contributed by atoms with Gasteiger partial charge in [-0.3, -0.25) is 0 Å². The van der Waals surface area contributed by atoms with Crippen LogP contribution in [0.25, 0.3) is 0 Å². The van der Waals surface area contributed by atoms with Crippen LogP contribution < -0.4 is 30.1 Å². The lowest BCUT2D eigenvalue weighted by Gasteiger charge is -2.28. The van der Waals surface area contributed by atoms with E-state index in [-0.39, 0.29) is 0 Å². The highest BCUT2D eigenvalue weighted by molar-refractivity contribution is 7.95. The third-order valence-corrected chi connectivity index (χ3v) is 15.6. The van der Waals surface area contributed by atoms with Crippen LogP contribution in [-0.2, 0) is 0 Å². The minimum atomic E-state index is -2.12. The SMILES string of the molecule is CCCCCCCCCCCCCCCCCC[P+](c1ccc(Oc2ccccc2)cc1)(c1ccc(Oc2ccccc2)cc1)c1ccc(Oc2ccccc2)cc1. The Hall–Kier alpha value is -4.85. The van der Waals surface area contributed by atoms with Crippen LogP contribution in [0.3, 0.4) is 0 Å². The molecule has 0 heterocycles. The summed E-state index contributed by atoms with van der Waals surface area (Å²) in [7, 11) is -2.12. The van der Waals surface area contributed by atoms with E-state index in [1.54, 1.807) is 0 Å². The average Bonchev–Trinajstić information content (AvgIpc) is 3.27. The largest absolute Gasteiger partial charge is 0.457 e. The highest BCUT2D eigenvalue weighted by Gasteiger charge is 2.45. The molecule has 0 fully saturated rings. The lowest BCUT2D eigenvalue weighted by atomic mass is 10.0. The molecule has 6 rings (SSSR count). The number of hydrogen-bond acceptors (Lipinski definition) is 3. The van der Waals surface area contributed by atoms with Crippen molar-refractivity contribution in [3.05, 3.63) is 164 Å². The Labute approximate surface area is 350 Å². The summed E-state index contributed by atoms with van der Waals surface area (Å²) in [5.74, 6) is 5.04. The van der Waals surface area contributed by atoms with Crippen molar-refractivity contribution in [2.24, 2.45) is 0 Å². The maximum absolute atomic E-state index is 6.28. The summed E-state index contributed by atoms with van der Waals surface area (Å²) in [6.45, 7) is 2.30. The molecule has 0 aliphatic heterocycles. The van der Waals surface area contributed by atoms with Gasteiger partial charge in [0.15, 0.2) is 0 Å². The van der Waals surface area contributed by atoms with Gasteiger partial charge in [0.25, 0.3) is 0 Å². The highest BCUT2D eigenvalue weighted by atomic mass is 31.2. The molecule has 0 amide bonds. The van der Waals surface area contributed by atoms with Crippen LogP contribution in [0.5, 0.6) is 34.5 Å². The molecule has 0 N–H and O–H groups in total. The molecule has 4 heteroatoms. The molecular weight excluding hydrogens is 728 g/mol. The lowest BCUT2D eigenvalue weighted by molar-refractivity contribution is 0.482. The number of benzene rings is 6. The minimum absolute atomic E-state index is 0.840. The summed E-state index contributed by atoms with van der Waals surface area (Å²) in [5.41, 5.74) is 0. The minimum Gasteiger partial charge on any atom is -0.457 e. The van der Waals surface area contributed by atoms with E-state index >= 15 is 0 Å². The summed E-state index contributed by atoms with van der Waals surface area (Å²) in [6, 6.07) is 56.8. The van der Waals surface area contributed by atoms with Crippen LogP contribution in [0.1, 0.15) is 110 Å². The molecule has 0 saturated heterocycles. The Morgan fingerprint density at radius 1 is 0.276 bits per heavy atom. The first-order valence-corrected chi connectivity index (χ1v) is 24.1. The second-order valence-corrected chi connectivity index (χ2v) is 19.2. The number of unbranched alkanes of at least 4 members (excludes halogenated alkanes) is 15. The molecule has 0 saturated carbocycles. The summed E-state index contributed by atoms with van der Waals surface area (Å²) in [6.07, 6.45) is 22.9. The topological polar surface area (TPSA) is 27.7 Å². The third-order valence-electron chi connectivity index (χ3n) is 11.1. The van der Waals surface area contributed by atoms with Crippen molar-refractivity contribution in [3.8, 4) is 34.5 Å². The quantitative estimate of drug-likeness (QED) is 0.0404. The van der Waals surface area contributed by atoms with E-state index in [0.717, 1.165) is 40.7 Å². The smallest absolute Gasteiger partial charge is 0.127 e. The van der Waals surface area contributed by atoms with Gasteiger partial charge in [-0.2, -0.15) is 0 Å². The molecule has 0 unspecified atom stereocenters. The van der Waals surface area contributed by atoms with Gasteiger partial charge in [0.2, 0.25) is 0 Å². The van der Waals surface area contributed by atoms with Crippen molar-refractivity contribution in [3.63, 3.8) is 0 Å². The first-order valence-electron chi connectivity index (χ1n) is 22.1. The molecule has 6 aromatic carbocycles. The second kappa shape index (κ2) is 24.2. The van der Waals surface area contributed by atoms with Gasteiger partial charge < -0.3 is 14.2 Å². The average molecular weight is 792 g/mol. The van der Waals surface area contributed by atoms with E-state index in [1.165, 1.54) is 119 Å². The second-order valence-electron chi connectivity index (χ2n) is 15.6. The van der Waals surface area contributed by atoms with Gasteiger partial charge in [0, 0.05) is 0 Å². The number of para-hydroxylation sites is 3. The van der Waals surface area contributed by atoms with E-state index in [4.69, 9.17) is 14.2 Å². The maximum Gasteiger partial charge on any atom is 0.127 e. The monoisotopic (exact) mass is 791 g/mol. The zero-order valence-electron chi connectivity index (χ0n) is 34.8. The zero-order chi connectivity index (χ0) is 39.9. The number of ether oxygens (including phenoxy) is 3. The lowest BCUT2D eigenvalue weighted by Crippen LogP contribution is -2.33. The van der Waals surface area contributed by atoms with Crippen molar-refractivity contribution < 1.29 is 14.2 Å². The number of hydrogen-bond donors (Lipinski definition) is 0. The summed E-state index contributed by atoms with van der Waals surface area (Å²) < 4.78 is 18.8. The molecule has 0 aliphatic rings. The van der Waals surface area contributed by atoms with E-state index in [1.807, 2.05) is 91.0 Å². The van der Waals surface area contributed by atoms with E-state index < -0.39 is 7.26 Å². The number of rotatable bonds is 26. The normalized spacial score (nSPS) is 11.3. The predicted molar refractivity (Wildman–Crippen MR) is 249 cm³/mol. The fourth-order valence-electron chi connectivity index (χ4n) is 7.91. The molecule has 6 aromatic rings. The molecule has 58 heavy (non-hydrogen) atoms. The Morgan fingerprint density at radius 2 is 0.517 bits per heavy atom. The Bertz CT molecular complexity index is 1760. The van der Waals surface area contributed by atoms with Gasteiger partial charge in [-0.05, 0) is 122 Å². The van der Waals surface area contributed by atoms with Crippen molar-refractivity contribution in [2.45, 2.75) is 110 Å². The standard InChI is InChI=1S/C54H64O3P/c1-2-3-4-5-6-7-8-9-10-11-12-13-14-15-16-26-45-58(52-39-33-49(34-40-52)55-46-27-20-17-21-28-46,53-41-35-50(36-42-53)56-47-29-22-18-23-30-47)54-43-37-51(38-44-54)57-48-31-24-19-25-32-48/h17-25,27-44H,2-16,26,45H2,1H3/q+1. The third kappa shape index (κ3) is 13.4. The fraction of sp³-hybridized carbons (Fsp3) is 0.333. The van der Waals surface area contributed by atoms with E-state index in [9.17, 15) is 0 Å². The van der Waals surface area contributed by atoms with E-state index in [0.29, 0.717) is 0 Å². The van der Waals surface area contributed by atoms with Gasteiger partial charge in [0.1, 0.15) is 57.7 Å². The molecule has 3 nitrogen and oxygen atoms in total. The van der Waals surface area contributed by atoms with Gasteiger partial charge in [-0.25, -0.2) is 0 Å². The van der Waals surface area contributed by atoms with Gasteiger partial charge in [-0.1, -0.05) is 151 Å². The molecular formula is C54H64O3P+. The van der Waals surface area contributed by atoms with Crippen LogP contribution in [-0.4, -0.2) is 6.16 Å². The molecule has 0 spiro atoms. The summed E-state index contributed by atoms with van der Waals surface area (Å²) in [4.78, 5) is 0. The Balaban J connectivity index is 1.17. The zero-order valence-corrected chi connectivity index (χ0v) is 35.7. The molecule has 0 aromatic heterocycles. The van der Waals surface area contributed by atoms with Crippen LogP contribution in [0.2, 0.25) is 0 Å². The first-order chi connectivity index (χ1) is 28.7. The summed E-state index contributed by atoms with van der Waals surface area (Å²) in [5, 5.41) is 4.05. The van der Waals surface area contributed by atoms with Crippen molar-refractivity contribution in [1.82, 2.24) is 0 Å². The van der Waals surface area contributed by atoms with Crippen LogP contribution >= 0.6 is 7.26 Å². The Morgan fingerprint density at radius 3 is 0.793 bits per heavy atom. The molecule has 0 aliphatic carbocycles. The highest BCUT2D eigenvalue weighted by Crippen LogP contribution is 2.56. The first kappa shape index (κ1) is 42.7. The fourth-order valence-corrected chi connectivity index (χ4v) is 12.3. The van der Waals surface area contributed by atoms with Gasteiger partial charge in [-0.15, -0.1) is 0 Å². The van der Waals surface area contributed by atoms with Crippen molar-refractivity contribution in [2.75, 3.05) is 6.16 Å². The molecule has 0 atom stereocenters.